The van der Waals surface area contributed by atoms with E-state index < -0.39 is 0 Å². The molecule has 2 radical (unpaired) electrons. The van der Waals surface area contributed by atoms with Crippen molar-refractivity contribution < 1.29 is 0 Å². The topological polar surface area (TPSA) is 0 Å². The molecule has 0 N–H and O–H groups in total. The van der Waals surface area contributed by atoms with E-state index in [0.717, 1.165) is 11.8 Å². The van der Waals surface area contributed by atoms with Crippen LogP contribution in [0.1, 0.15) is 73.1 Å². The second kappa shape index (κ2) is 5.15. The zero-order valence-corrected chi connectivity index (χ0v) is 12.0. The summed E-state index contributed by atoms with van der Waals surface area (Å²) < 4.78 is 0. The predicted molar refractivity (Wildman–Crippen MR) is 73.9 cm³/mol. The lowest BCUT2D eigenvalue weighted by Crippen LogP contribution is -2.27. The third-order valence-electron chi connectivity index (χ3n) is 4.54. The van der Waals surface area contributed by atoms with Crippen molar-refractivity contribution in [2.24, 2.45) is 17.3 Å². The second-order valence-electron chi connectivity index (χ2n) is 6.96. The molecule has 1 rings (SSSR count). The van der Waals surface area contributed by atoms with Gasteiger partial charge in [0, 0.05) is 0 Å². The maximum absolute atomic E-state index is 6.38. The van der Waals surface area contributed by atoms with Crippen LogP contribution < -0.4 is 0 Å². The predicted octanol–water partition coefficient (Wildman–Crippen LogP) is 4.99. The highest BCUT2D eigenvalue weighted by atomic mass is 14.5. The highest BCUT2D eigenvalue weighted by Crippen LogP contribution is 2.56. The summed E-state index contributed by atoms with van der Waals surface area (Å²) >= 11 is 0. The van der Waals surface area contributed by atoms with Crippen molar-refractivity contribution in [1.82, 2.24) is 0 Å². The van der Waals surface area contributed by atoms with E-state index in [-0.39, 0.29) is 5.31 Å². The molecule has 3 unspecified atom stereocenters. The Labute approximate surface area is 104 Å². The second-order valence-corrected chi connectivity index (χ2v) is 6.96. The van der Waals surface area contributed by atoms with Gasteiger partial charge in [-0.15, -0.1) is 0 Å². The van der Waals surface area contributed by atoms with Gasteiger partial charge < -0.3 is 0 Å². The van der Waals surface area contributed by atoms with E-state index >= 15 is 0 Å². The van der Waals surface area contributed by atoms with Crippen molar-refractivity contribution in [2.45, 2.75) is 78.5 Å². The Morgan fingerprint density at radius 2 is 1.81 bits per heavy atom. The lowest BCUT2D eigenvalue weighted by molar-refractivity contribution is 0.142. The van der Waals surface area contributed by atoms with Gasteiger partial charge in [0.2, 0.25) is 0 Å². The molecule has 0 heterocycles. The quantitative estimate of drug-likeness (QED) is 0.573. The van der Waals surface area contributed by atoms with Gasteiger partial charge in [-0.05, 0) is 23.7 Å². The monoisotopic (exact) mass is 220 g/mol. The smallest absolute Gasteiger partial charge is 0.0683 e. The first-order valence-electron chi connectivity index (χ1n) is 7.11. The van der Waals surface area contributed by atoms with Crippen LogP contribution in [0.2, 0.25) is 5.31 Å². The number of rotatable bonds is 5. The van der Waals surface area contributed by atoms with Gasteiger partial charge in [-0.2, -0.15) is 0 Å². The lowest BCUT2D eigenvalue weighted by Gasteiger charge is -2.36. The Morgan fingerprint density at radius 3 is 2.31 bits per heavy atom. The fourth-order valence-corrected chi connectivity index (χ4v) is 3.91. The molecular weight excluding hydrogens is 191 g/mol. The Bertz CT molecular complexity index is 217. The molecule has 0 aromatic rings. The molecule has 0 amide bonds. The van der Waals surface area contributed by atoms with Crippen LogP contribution in [0.3, 0.4) is 0 Å². The van der Waals surface area contributed by atoms with Crippen molar-refractivity contribution in [3.63, 3.8) is 0 Å². The van der Waals surface area contributed by atoms with Crippen LogP contribution in [0, 0.1) is 17.3 Å². The van der Waals surface area contributed by atoms with E-state index in [9.17, 15) is 0 Å². The minimum absolute atomic E-state index is 0.0928. The SMILES string of the molecule is [B]C1(C)CC(CCC)C(C(C)(C)CCC)C1. The third kappa shape index (κ3) is 3.28. The standard InChI is InChI=1S/C15H29B/c1-6-8-12-10-15(5,16)11-13(12)14(3,4)9-7-2/h12-13H,6-11H2,1-5H3. The summed E-state index contributed by atoms with van der Waals surface area (Å²) in [6.45, 7) is 11.7. The van der Waals surface area contributed by atoms with Crippen LogP contribution in [-0.4, -0.2) is 7.85 Å². The molecule has 92 valence electrons. The third-order valence-corrected chi connectivity index (χ3v) is 4.54. The van der Waals surface area contributed by atoms with Gasteiger partial charge in [0.25, 0.3) is 0 Å². The molecule has 0 aromatic heterocycles. The van der Waals surface area contributed by atoms with Crippen LogP contribution in [0.5, 0.6) is 0 Å². The van der Waals surface area contributed by atoms with Crippen LogP contribution >= 0.6 is 0 Å². The molecule has 3 atom stereocenters. The Morgan fingerprint density at radius 1 is 1.19 bits per heavy atom. The minimum Gasteiger partial charge on any atom is -0.0683 e. The molecule has 1 saturated carbocycles. The molecule has 0 aliphatic heterocycles. The first-order chi connectivity index (χ1) is 7.32. The molecule has 0 aromatic carbocycles. The summed E-state index contributed by atoms with van der Waals surface area (Å²) in [4.78, 5) is 0. The van der Waals surface area contributed by atoms with E-state index in [0.29, 0.717) is 5.41 Å². The first-order valence-corrected chi connectivity index (χ1v) is 7.11. The summed E-state index contributed by atoms with van der Waals surface area (Å²) in [5, 5.41) is 0.0928. The maximum Gasteiger partial charge on any atom is 0.0742 e. The Hall–Kier alpha value is 0.0649. The molecule has 0 bridgehead atoms. The van der Waals surface area contributed by atoms with E-state index in [1.165, 1.54) is 38.5 Å². The normalized spacial score (nSPS) is 35.6. The Kier molecular flexibility index (Phi) is 4.54. The van der Waals surface area contributed by atoms with E-state index in [1.807, 2.05) is 0 Å². The van der Waals surface area contributed by atoms with Crippen molar-refractivity contribution in [3.05, 3.63) is 0 Å². The van der Waals surface area contributed by atoms with Crippen LogP contribution in [0.15, 0.2) is 0 Å². The van der Waals surface area contributed by atoms with E-state index in [4.69, 9.17) is 7.85 Å². The first kappa shape index (κ1) is 14.1. The molecule has 1 aliphatic rings. The van der Waals surface area contributed by atoms with Crippen molar-refractivity contribution in [1.29, 1.82) is 0 Å². The van der Waals surface area contributed by atoms with Crippen molar-refractivity contribution in [2.75, 3.05) is 0 Å². The van der Waals surface area contributed by atoms with Crippen LogP contribution in [-0.2, 0) is 0 Å². The summed E-state index contributed by atoms with van der Waals surface area (Å²) in [5.41, 5.74) is 0.478. The molecule has 0 spiro atoms. The summed E-state index contributed by atoms with van der Waals surface area (Å²) in [5.74, 6) is 1.70. The average molecular weight is 220 g/mol. The molecule has 1 fully saturated rings. The Balaban J connectivity index is 2.76. The molecule has 0 nitrogen and oxygen atoms in total. The lowest BCUT2D eigenvalue weighted by atomic mass is 9.66. The average Bonchev–Trinajstić information content (AvgIpc) is 2.42. The molecule has 16 heavy (non-hydrogen) atoms. The fourth-order valence-electron chi connectivity index (χ4n) is 3.91. The maximum atomic E-state index is 6.38. The van der Waals surface area contributed by atoms with Gasteiger partial charge in [0.15, 0.2) is 0 Å². The zero-order valence-electron chi connectivity index (χ0n) is 12.0. The van der Waals surface area contributed by atoms with Gasteiger partial charge in [-0.1, -0.05) is 72.0 Å². The summed E-state index contributed by atoms with van der Waals surface area (Å²) in [6, 6.07) is 0. The zero-order chi connectivity index (χ0) is 12.4. The number of hydrogen-bond donors (Lipinski definition) is 0. The highest BCUT2D eigenvalue weighted by molar-refractivity contribution is 6.15. The molecule has 0 saturated heterocycles. The summed E-state index contributed by atoms with van der Waals surface area (Å²) in [6.07, 6.45) is 7.77. The summed E-state index contributed by atoms with van der Waals surface area (Å²) in [7, 11) is 6.38. The van der Waals surface area contributed by atoms with Gasteiger partial charge in [-0.3, -0.25) is 0 Å². The van der Waals surface area contributed by atoms with Crippen LogP contribution in [0.4, 0.5) is 0 Å². The molecule has 1 aliphatic carbocycles. The highest BCUT2D eigenvalue weighted by Gasteiger charge is 2.44. The molecule has 1 heteroatoms. The molecular formula is C15H29B. The van der Waals surface area contributed by atoms with Gasteiger partial charge in [0.1, 0.15) is 0 Å². The van der Waals surface area contributed by atoms with Gasteiger partial charge in [-0.25, -0.2) is 0 Å². The van der Waals surface area contributed by atoms with Gasteiger partial charge in [0.05, 0.1) is 7.85 Å². The van der Waals surface area contributed by atoms with Crippen molar-refractivity contribution >= 4 is 7.85 Å². The van der Waals surface area contributed by atoms with Crippen LogP contribution in [0.25, 0.3) is 0 Å². The largest absolute Gasteiger partial charge is 0.0742 e. The van der Waals surface area contributed by atoms with Gasteiger partial charge >= 0.3 is 0 Å². The minimum atomic E-state index is 0.0928. The van der Waals surface area contributed by atoms with Crippen molar-refractivity contribution in [3.8, 4) is 0 Å². The fraction of sp³-hybridized carbons (Fsp3) is 1.00. The number of hydrogen-bond acceptors (Lipinski definition) is 0. The van der Waals surface area contributed by atoms with E-state index in [2.05, 4.69) is 34.6 Å². The van der Waals surface area contributed by atoms with E-state index in [1.54, 1.807) is 0 Å².